The average Bonchev–Trinajstić information content (AvgIpc) is 2.99. The molecule has 3 aromatic rings. The normalized spacial score (nSPS) is 10.0. The van der Waals surface area contributed by atoms with Gasteiger partial charge >= 0.3 is 0 Å². The van der Waals surface area contributed by atoms with Crippen LogP contribution in [0.25, 0.3) is 11.3 Å². The van der Waals surface area contributed by atoms with Crippen LogP contribution in [0.4, 0.5) is 5.82 Å². The quantitative estimate of drug-likeness (QED) is 0.766. The number of para-hydroxylation sites is 1. The van der Waals surface area contributed by atoms with Crippen molar-refractivity contribution in [1.29, 1.82) is 5.26 Å². The van der Waals surface area contributed by atoms with Gasteiger partial charge in [0.25, 0.3) is 0 Å². The first-order valence-corrected chi connectivity index (χ1v) is 6.81. The number of benzene rings is 2. The summed E-state index contributed by atoms with van der Waals surface area (Å²) in [5, 5.41) is 19.1. The summed E-state index contributed by atoms with van der Waals surface area (Å²) in [4.78, 5) is 0. The lowest BCUT2D eigenvalue weighted by molar-refractivity contribution is 0.483. The zero-order valence-corrected chi connectivity index (χ0v) is 12.0. The lowest BCUT2D eigenvalue weighted by Gasteiger charge is -2.06. The van der Waals surface area contributed by atoms with E-state index >= 15 is 0 Å². The highest BCUT2D eigenvalue weighted by Gasteiger charge is 2.13. The Hall–Kier alpha value is -3.26. The summed E-state index contributed by atoms with van der Waals surface area (Å²) in [7, 11) is 1.73. The number of nitrogens with one attached hydrogen (secondary N) is 2. The minimum atomic E-state index is 0.499. The Kier molecular flexibility index (Phi) is 3.75. The molecule has 0 amide bonds. The van der Waals surface area contributed by atoms with Gasteiger partial charge in [0.05, 0.1) is 5.69 Å². The molecular formula is C17H14N4O. The smallest absolute Gasteiger partial charge is 0.166 e. The Morgan fingerprint density at radius 2 is 1.73 bits per heavy atom. The summed E-state index contributed by atoms with van der Waals surface area (Å²) in [5.41, 5.74) is 2.07. The van der Waals surface area contributed by atoms with E-state index in [9.17, 15) is 5.26 Å². The molecule has 0 radical (unpaired) electrons. The minimum Gasteiger partial charge on any atom is -0.457 e. The molecule has 1 aromatic heterocycles. The third-order valence-corrected chi connectivity index (χ3v) is 3.24. The second kappa shape index (κ2) is 6.02. The number of nitrogens with zero attached hydrogens (tertiary/aromatic N) is 2. The molecule has 5 heteroatoms. The molecule has 22 heavy (non-hydrogen) atoms. The molecule has 5 nitrogen and oxygen atoms in total. The van der Waals surface area contributed by atoms with Crippen LogP contribution in [0.3, 0.4) is 0 Å². The van der Waals surface area contributed by atoms with E-state index in [0.717, 1.165) is 17.1 Å². The Balaban J connectivity index is 1.86. The molecule has 0 bridgehead atoms. The average molecular weight is 290 g/mol. The summed E-state index contributed by atoms with van der Waals surface area (Å²) >= 11 is 0. The van der Waals surface area contributed by atoms with Crippen LogP contribution in [-0.2, 0) is 0 Å². The summed E-state index contributed by atoms with van der Waals surface area (Å²) < 4.78 is 5.75. The Morgan fingerprint density at radius 3 is 2.36 bits per heavy atom. The van der Waals surface area contributed by atoms with E-state index in [4.69, 9.17) is 4.74 Å². The number of hydrogen-bond donors (Lipinski definition) is 2. The zero-order chi connectivity index (χ0) is 15.4. The van der Waals surface area contributed by atoms with Gasteiger partial charge in [-0.3, -0.25) is 5.10 Å². The first-order chi connectivity index (χ1) is 10.8. The van der Waals surface area contributed by atoms with Gasteiger partial charge in [-0.15, -0.1) is 0 Å². The van der Waals surface area contributed by atoms with Crippen LogP contribution < -0.4 is 10.1 Å². The van der Waals surface area contributed by atoms with E-state index < -0.39 is 0 Å². The van der Waals surface area contributed by atoms with Gasteiger partial charge in [-0.25, -0.2) is 0 Å². The van der Waals surface area contributed by atoms with Crippen molar-refractivity contribution in [2.45, 2.75) is 0 Å². The second-order valence-electron chi connectivity index (χ2n) is 4.62. The largest absolute Gasteiger partial charge is 0.457 e. The first-order valence-electron chi connectivity index (χ1n) is 6.81. The fourth-order valence-electron chi connectivity index (χ4n) is 2.15. The fraction of sp³-hybridized carbons (Fsp3) is 0.0588. The van der Waals surface area contributed by atoms with Crippen molar-refractivity contribution in [2.75, 3.05) is 12.4 Å². The Morgan fingerprint density at radius 1 is 1.05 bits per heavy atom. The van der Waals surface area contributed by atoms with Gasteiger partial charge in [-0.1, -0.05) is 18.2 Å². The number of hydrogen-bond acceptors (Lipinski definition) is 4. The maximum Gasteiger partial charge on any atom is 0.166 e. The maximum absolute atomic E-state index is 9.26. The molecule has 0 atom stereocenters. The summed E-state index contributed by atoms with van der Waals surface area (Å²) in [6.07, 6.45) is 0. The summed E-state index contributed by atoms with van der Waals surface area (Å²) in [5.74, 6) is 2.07. The van der Waals surface area contributed by atoms with Crippen LogP contribution in [0, 0.1) is 11.3 Å². The van der Waals surface area contributed by atoms with E-state index in [0.29, 0.717) is 17.1 Å². The van der Waals surface area contributed by atoms with Gasteiger partial charge in [0.1, 0.15) is 23.1 Å². The van der Waals surface area contributed by atoms with Crippen molar-refractivity contribution in [2.24, 2.45) is 0 Å². The Bertz CT molecular complexity index is 801. The molecule has 108 valence electrons. The van der Waals surface area contributed by atoms with Crippen LogP contribution in [0.15, 0.2) is 54.6 Å². The van der Waals surface area contributed by atoms with Crippen LogP contribution in [0.1, 0.15) is 5.56 Å². The maximum atomic E-state index is 9.26. The highest BCUT2D eigenvalue weighted by atomic mass is 16.5. The van der Waals surface area contributed by atoms with E-state index in [1.54, 1.807) is 7.05 Å². The molecule has 0 aliphatic heterocycles. The monoisotopic (exact) mass is 290 g/mol. The van der Waals surface area contributed by atoms with E-state index in [-0.39, 0.29) is 0 Å². The number of ether oxygens (including phenoxy) is 1. The van der Waals surface area contributed by atoms with E-state index in [2.05, 4.69) is 21.6 Å². The molecule has 0 fully saturated rings. The number of nitriles is 1. The molecule has 3 rings (SSSR count). The number of aromatic nitrogens is 2. The number of anilines is 1. The van der Waals surface area contributed by atoms with Crippen molar-refractivity contribution in [3.63, 3.8) is 0 Å². The standard InChI is InChI=1S/C17H14N4O/c1-19-17-15(11-18)16(20-21-17)12-7-9-14(10-8-12)22-13-5-3-2-4-6-13/h2-10H,1H3,(H2,19,20,21). The van der Waals surface area contributed by atoms with Crippen molar-refractivity contribution < 1.29 is 4.74 Å². The second-order valence-corrected chi connectivity index (χ2v) is 4.62. The molecule has 0 saturated heterocycles. The fourth-order valence-corrected chi connectivity index (χ4v) is 2.15. The van der Waals surface area contributed by atoms with E-state index in [1.807, 2.05) is 54.6 Å². The van der Waals surface area contributed by atoms with Gasteiger partial charge in [0.2, 0.25) is 0 Å². The molecular weight excluding hydrogens is 276 g/mol. The first kappa shape index (κ1) is 13.7. The van der Waals surface area contributed by atoms with Gasteiger partial charge in [-0.2, -0.15) is 10.4 Å². The number of H-pyrrole nitrogens is 1. The molecule has 0 saturated carbocycles. The molecule has 2 N–H and O–H groups in total. The molecule has 1 heterocycles. The van der Waals surface area contributed by atoms with Crippen LogP contribution in [-0.4, -0.2) is 17.2 Å². The highest BCUT2D eigenvalue weighted by Crippen LogP contribution is 2.28. The van der Waals surface area contributed by atoms with Gasteiger partial charge in [-0.05, 0) is 36.4 Å². The minimum absolute atomic E-state index is 0.499. The van der Waals surface area contributed by atoms with Crippen molar-refractivity contribution >= 4 is 5.82 Å². The topological polar surface area (TPSA) is 73.7 Å². The predicted molar refractivity (Wildman–Crippen MR) is 84.8 cm³/mol. The SMILES string of the molecule is CNc1n[nH]c(-c2ccc(Oc3ccccc3)cc2)c1C#N. The molecule has 0 aliphatic rings. The zero-order valence-electron chi connectivity index (χ0n) is 12.0. The van der Waals surface area contributed by atoms with Crippen molar-refractivity contribution in [3.8, 4) is 28.8 Å². The third-order valence-electron chi connectivity index (χ3n) is 3.24. The van der Waals surface area contributed by atoms with Gasteiger partial charge in [0.15, 0.2) is 5.82 Å². The van der Waals surface area contributed by atoms with Crippen LogP contribution >= 0.6 is 0 Å². The van der Waals surface area contributed by atoms with Gasteiger partial charge < -0.3 is 10.1 Å². The van der Waals surface area contributed by atoms with Crippen LogP contribution in [0.2, 0.25) is 0 Å². The highest BCUT2D eigenvalue weighted by molar-refractivity contribution is 5.73. The predicted octanol–water partition coefficient (Wildman–Crippen LogP) is 3.78. The lowest BCUT2D eigenvalue weighted by Crippen LogP contribution is -1.90. The molecule has 0 unspecified atom stereocenters. The van der Waals surface area contributed by atoms with Crippen LogP contribution in [0.5, 0.6) is 11.5 Å². The number of aromatic amines is 1. The molecule has 0 spiro atoms. The van der Waals surface area contributed by atoms with E-state index in [1.165, 1.54) is 0 Å². The summed E-state index contributed by atoms with van der Waals surface area (Å²) in [6, 6.07) is 19.3. The lowest BCUT2D eigenvalue weighted by atomic mass is 10.1. The summed E-state index contributed by atoms with van der Waals surface area (Å²) in [6.45, 7) is 0. The van der Waals surface area contributed by atoms with Crippen molar-refractivity contribution in [1.82, 2.24) is 10.2 Å². The third kappa shape index (κ3) is 2.63. The molecule has 0 aliphatic carbocycles. The molecule has 2 aromatic carbocycles. The van der Waals surface area contributed by atoms with Crippen molar-refractivity contribution in [3.05, 3.63) is 60.2 Å². The number of rotatable bonds is 4. The Labute approximate surface area is 128 Å². The van der Waals surface area contributed by atoms with Gasteiger partial charge in [0, 0.05) is 12.6 Å².